The van der Waals surface area contributed by atoms with Gasteiger partial charge >= 0.3 is 12.0 Å². The minimum atomic E-state index is -1.67. The van der Waals surface area contributed by atoms with Crippen molar-refractivity contribution in [1.29, 1.82) is 0 Å². The largest absolute Gasteiger partial charge is 0.481 e. The number of H-pyrrole nitrogens is 2. The van der Waals surface area contributed by atoms with Gasteiger partial charge in [0.25, 0.3) is 5.91 Å². The predicted molar refractivity (Wildman–Crippen MR) is 323 cm³/mol. The van der Waals surface area contributed by atoms with Crippen molar-refractivity contribution in [2.75, 3.05) is 24.6 Å². The molecule has 3 aromatic carbocycles. The Bertz CT molecular complexity index is 3280. The first-order valence-corrected chi connectivity index (χ1v) is 29.0. The standard InChI is InChI=1S/C56H72N16O12S2/c1-2-3-12-39-54(83)72(56(84)71-39)26-45(73)64-44(28-86)53(82)66-38(17-18-46(74)75)49(78)69-42(23-34-25-60-29-63-34)52(81)67-40(21-30-15-16-31-9-4-5-10-32(31)20-30)50(79)65-37(14-8-19-61-55(58)59)48(77)68-41(51(80)70-43(27-85)47(57)76)22-33-24-62-36-13-7-6-11-35(33)36/h4-7,9-11,13,15-16,20,24-25,29,37-44,62,85-86H,2-3,8,12,14,17-19,21-23,26-28H2,1H3,(H2,57,76)(H,60,63)(H,64,73)(H,65,79)(H,66,82)(H,67,81)(H,68,77)(H,69,78)(H,70,80)(H,71,84)(H,74,75)(H4,58,59,61)/t37-,38-,39+,40+,41-,42-,43-,44-/m1/s1. The molecular formula is C56H72N16O12S2. The number of amides is 11. The summed E-state index contributed by atoms with van der Waals surface area (Å²) in [6.07, 6.45) is 4.28. The highest BCUT2D eigenvalue weighted by Crippen LogP contribution is 2.21. The van der Waals surface area contributed by atoms with Gasteiger partial charge in [-0.25, -0.2) is 9.78 Å². The number of urea groups is 1. The first kappa shape index (κ1) is 66.0. The molecule has 0 saturated carbocycles. The van der Waals surface area contributed by atoms with Crippen LogP contribution in [-0.4, -0.2) is 169 Å². The summed E-state index contributed by atoms with van der Waals surface area (Å²) in [5.41, 5.74) is 19.0. The molecule has 28 nitrogen and oxygen atoms in total. The topological polar surface area (TPSA) is 442 Å². The number of imidazole rings is 1. The summed E-state index contributed by atoms with van der Waals surface area (Å²) in [5.74, 6) is -10.1. The van der Waals surface area contributed by atoms with Crippen LogP contribution < -0.4 is 59.7 Å². The van der Waals surface area contributed by atoms with Gasteiger partial charge in [0.05, 0.1) is 6.33 Å². The summed E-state index contributed by atoms with van der Waals surface area (Å²) in [6.45, 7) is 1.18. The van der Waals surface area contributed by atoms with Crippen LogP contribution in [-0.2, 0) is 67.2 Å². The van der Waals surface area contributed by atoms with E-state index in [0.29, 0.717) is 34.6 Å². The number of rotatable bonds is 34. The molecule has 0 bridgehead atoms. The molecule has 3 heterocycles. The van der Waals surface area contributed by atoms with Crippen molar-refractivity contribution in [1.82, 2.24) is 62.4 Å². The Balaban J connectivity index is 1.27. The van der Waals surface area contributed by atoms with Crippen molar-refractivity contribution in [2.45, 2.75) is 119 Å². The number of aliphatic carboxylic acids is 1. The number of imide groups is 1. The summed E-state index contributed by atoms with van der Waals surface area (Å²) in [6, 6.07) is 8.04. The van der Waals surface area contributed by atoms with Gasteiger partial charge in [-0.2, -0.15) is 25.3 Å². The summed E-state index contributed by atoms with van der Waals surface area (Å²) >= 11 is 8.35. The lowest BCUT2D eigenvalue weighted by molar-refractivity contribution is -0.138. The highest BCUT2D eigenvalue weighted by atomic mass is 32.1. The summed E-state index contributed by atoms with van der Waals surface area (Å²) < 4.78 is 0. The lowest BCUT2D eigenvalue weighted by atomic mass is 9.99. The molecule has 86 heavy (non-hydrogen) atoms. The average molecular weight is 1230 g/mol. The maximum absolute atomic E-state index is 15.0. The zero-order valence-corrected chi connectivity index (χ0v) is 48.8. The summed E-state index contributed by atoms with van der Waals surface area (Å²) in [5, 5.41) is 32.8. The molecule has 30 heteroatoms. The maximum Gasteiger partial charge on any atom is 0.325 e. The number of para-hydroxylation sites is 1. The molecule has 1 saturated heterocycles. The van der Waals surface area contributed by atoms with Gasteiger partial charge in [0.2, 0.25) is 47.3 Å². The molecule has 5 aromatic rings. The van der Waals surface area contributed by atoms with Crippen molar-refractivity contribution < 1.29 is 57.8 Å². The molecule has 1 aliphatic rings. The van der Waals surface area contributed by atoms with Crippen molar-refractivity contribution in [3.05, 3.63) is 102 Å². The normalized spacial score (nSPS) is 15.4. The number of aromatic nitrogens is 3. The third kappa shape index (κ3) is 19.2. The number of fused-ring (bicyclic) bond motifs is 2. The molecule has 1 fully saturated rings. The minimum absolute atomic E-state index is 0.00808. The van der Waals surface area contributed by atoms with E-state index in [9.17, 15) is 57.8 Å². The molecule has 0 spiro atoms. The van der Waals surface area contributed by atoms with Crippen molar-refractivity contribution in [3.8, 4) is 0 Å². The van der Waals surface area contributed by atoms with E-state index in [2.05, 4.69) is 87.7 Å². The van der Waals surface area contributed by atoms with Gasteiger partial charge in [0.1, 0.15) is 54.9 Å². The summed E-state index contributed by atoms with van der Waals surface area (Å²) in [4.78, 5) is 164. The number of guanidine groups is 1. The number of carboxylic acids is 1. The Labute approximate surface area is 504 Å². The van der Waals surface area contributed by atoms with E-state index < -0.39 is 133 Å². The number of nitrogens with zero attached hydrogens (tertiary/aromatic N) is 3. The van der Waals surface area contributed by atoms with Crippen LogP contribution in [0.3, 0.4) is 0 Å². The molecule has 8 atom stereocenters. The Kier molecular flexibility index (Phi) is 24.7. The van der Waals surface area contributed by atoms with E-state index in [1.54, 1.807) is 24.4 Å². The van der Waals surface area contributed by atoms with Crippen LogP contribution in [0.25, 0.3) is 21.7 Å². The number of benzene rings is 3. The van der Waals surface area contributed by atoms with E-state index in [4.69, 9.17) is 17.2 Å². The SMILES string of the molecule is CCCC[C@@H]1NC(=O)N(CC(=O)N[C@H](CS)C(=O)N[C@H](CCC(=O)O)C(=O)N[C@H](Cc2cnc[nH]2)C(=O)N[C@@H](Cc2ccc3ccccc3c2)C(=O)N[C@H](CCCN=C(N)N)C(=O)N[C@H](Cc2c[nH]c3ccccc23)C(=O)N[C@H](CS)C(N)=O)C1=O. The van der Waals surface area contributed by atoms with E-state index in [1.807, 2.05) is 55.5 Å². The van der Waals surface area contributed by atoms with E-state index in [0.717, 1.165) is 28.1 Å². The molecular weight excluding hydrogens is 1150 g/mol. The molecule has 0 aliphatic carbocycles. The Morgan fingerprint density at radius 1 is 0.674 bits per heavy atom. The first-order valence-electron chi connectivity index (χ1n) is 27.7. The number of hydrogen-bond acceptors (Lipinski definition) is 15. The van der Waals surface area contributed by atoms with Crippen LogP contribution in [0.5, 0.6) is 0 Å². The van der Waals surface area contributed by atoms with Gasteiger partial charge in [-0.1, -0.05) is 80.4 Å². The van der Waals surface area contributed by atoms with Crippen LogP contribution >= 0.6 is 25.3 Å². The molecule has 17 N–H and O–H groups in total. The molecule has 6 rings (SSSR count). The fourth-order valence-electron chi connectivity index (χ4n) is 9.42. The number of nitrogens with two attached hydrogens (primary N) is 3. The molecule has 0 unspecified atom stereocenters. The van der Waals surface area contributed by atoms with Gasteiger partial charge in [0.15, 0.2) is 5.96 Å². The average Bonchev–Trinajstić information content (AvgIpc) is 4.35. The highest BCUT2D eigenvalue weighted by molar-refractivity contribution is 7.80. The Morgan fingerprint density at radius 3 is 1.87 bits per heavy atom. The zero-order valence-electron chi connectivity index (χ0n) is 47.0. The quantitative estimate of drug-likeness (QED) is 0.00760. The first-order chi connectivity index (χ1) is 41.2. The second-order valence-corrected chi connectivity index (χ2v) is 21.2. The number of aromatic amines is 2. The van der Waals surface area contributed by atoms with Crippen LogP contribution in [0.15, 0.2) is 90.4 Å². The van der Waals surface area contributed by atoms with Gasteiger partial charge in [-0.05, 0) is 53.6 Å². The lowest BCUT2D eigenvalue weighted by Gasteiger charge is -2.28. The van der Waals surface area contributed by atoms with Crippen LogP contribution in [0.1, 0.15) is 68.7 Å². The second kappa shape index (κ2) is 32.2. The molecule has 1 aliphatic heterocycles. The number of carbonyl (C=O) groups is 11. The second-order valence-electron chi connectivity index (χ2n) is 20.4. The number of unbranched alkanes of at least 4 members (excludes halogenated alkanes) is 1. The van der Waals surface area contributed by atoms with E-state index in [1.165, 1.54) is 12.5 Å². The van der Waals surface area contributed by atoms with Gasteiger partial charge in [-0.3, -0.25) is 57.8 Å². The molecule has 460 valence electrons. The van der Waals surface area contributed by atoms with Crippen LogP contribution in [0.2, 0.25) is 0 Å². The van der Waals surface area contributed by atoms with Crippen LogP contribution in [0.4, 0.5) is 4.79 Å². The monoisotopic (exact) mass is 1220 g/mol. The van der Waals surface area contributed by atoms with Gasteiger partial charge in [-0.15, -0.1) is 0 Å². The number of carbonyl (C=O) groups excluding carboxylic acids is 10. The zero-order chi connectivity index (χ0) is 62.5. The fraction of sp³-hybridized carbons (Fsp3) is 0.411. The third-order valence-electron chi connectivity index (χ3n) is 14.0. The number of thiol groups is 2. The van der Waals surface area contributed by atoms with Crippen molar-refractivity contribution in [2.24, 2.45) is 22.2 Å². The number of hydrogen-bond donors (Lipinski definition) is 16. The maximum atomic E-state index is 15.0. The third-order valence-corrected chi connectivity index (χ3v) is 14.8. The Morgan fingerprint density at radius 2 is 1.26 bits per heavy atom. The summed E-state index contributed by atoms with van der Waals surface area (Å²) in [7, 11) is 0. The van der Waals surface area contributed by atoms with Crippen molar-refractivity contribution >= 4 is 118 Å². The van der Waals surface area contributed by atoms with Gasteiger partial charge in [0, 0.05) is 72.7 Å². The van der Waals surface area contributed by atoms with E-state index in [-0.39, 0.29) is 56.1 Å². The fourth-order valence-corrected chi connectivity index (χ4v) is 9.95. The number of carboxylic acid groups (broad SMARTS) is 1. The van der Waals surface area contributed by atoms with Crippen molar-refractivity contribution in [3.63, 3.8) is 0 Å². The smallest absolute Gasteiger partial charge is 0.325 e. The highest BCUT2D eigenvalue weighted by Gasteiger charge is 2.40. The molecule has 11 amide bonds. The lowest BCUT2D eigenvalue weighted by Crippen LogP contribution is -2.61. The number of primary amides is 1. The van der Waals surface area contributed by atoms with Crippen LogP contribution in [0, 0.1) is 0 Å². The Hall–Kier alpha value is -9.19. The van der Waals surface area contributed by atoms with E-state index >= 15 is 0 Å². The number of nitrogens with one attached hydrogen (secondary N) is 10. The molecule has 0 radical (unpaired) electrons. The number of aliphatic imine (C=N–C) groups is 1. The predicted octanol–water partition coefficient (Wildman–Crippen LogP) is -1.16. The molecule has 2 aromatic heterocycles. The van der Waals surface area contributed by atoms with Gasteiger partial charge < -0.3 is 74.8 Å². The minimum Gasteiger partial charge on any atom is -0.481 e.